The SMILES string of the molecule is CCCCCNC(=O)C1CCN(Cc2c(Cl)cccc2Cl)CC1. The van der Waals surface area contributed by atoms with E-state index < -0.39 is 0 Å². The predicted octanol–water partition coefficient (Wildman–Crippen LogP) is 4.51. The molecule has 0 aliphatic carbocycles. The molecule has 1 aliphatic rings. The molecular formula is C18H26Cl2N2O. The molecule has 2 rings (SSSR count). The number of hydrogen-bond acceptors (Lipinski definition) is 2. The lowest BCUT2D eigenvalue weighted by Gasteiger charge is -2.31. The molecular weight excluding hydrogens is 331 g/mol. The van der Waals surface area contributed by atoms with Gasteiger partial charge in [0, 0.05) is 34.6 Å². The minimum absolute atomic E-state index is 0.148. The fraction of sp³-hybridized carbons (Fsp3) is 0.611. The number of amides is 1. The number of hydrogen-bond donors (Lipinski definition) is 1. The summed E-state index contributed by atoms with van der Waals surface area (Å²) in [5.41, 5.74) is 0.985. The summed E-state index contributed by atoms with van der Waals surface area (Å²) in [7, 11) is 0. The first-order chi connectivity index (χ1) is 11.1. The van der Waals surface area contributed by atoms with E-state index in [9.17, 15) is 4.79 Å². The third-order valence-corrected chi connectivity index (χ3v) is 5.19. The van der Waals surface area contributed by atoms with Gasteiger partial charge in [-0.3, -0.25) is 9.69 Å². The lowest BCUT2D eigenvalue weighted by Crippen LogP contribution is -2.40. The second-order valence-corrected chi connectivity index (χ2v) is 7.06. The van der Waals surface area contributed by atoms with Gasteiger partial charge in [0.05, 0.1) is 0 Å². The smallest absolute Gasteiger partial charge is 0.223 e. The van der Waals surface area contributed by atoms with Gasteiger partial charge in [-0.15, -0.1) is 0 Å². The zero-order valence-electron chi connectivity index (χ0n) is 13.8. The highest BCUT2D eigenvalue weighted by Crippen LogP contribution is 2.27. The first-order valence-electron chi connectivity index (χ1n) is 8.54. The lowest BCUT2D eigenvalue weighted by molar-refractivity contribution is -0.126. The lowest BCUT2D eigenvalue weighted by atomic mass is 9.95. The Balaban J connectivity index is 1.76. The molecule has 5 heteroatoms. The summed E-state index contributed by atoms with van der Waals surface area (Å²) >= 11 is 12.5. The van der Waals surface area contributed by atoms with Crippen molar-refractivity contribution >= 4 is 29.1 Å². The summed E-state index contributed by atoms with van der Waals surface area (Å²) < 4.78 is 0. The van der Waals surface area contributed by atoms with Crippen LogP contribution >= 0.6 is 23.2 Å². The molecule has 1 saturated heterocycles. The van der Waals surface area contributed by atoms with Crippen LogP contribution in [-0.4, -0.2) is 30.4 Å². The van der Waals surface area contributed by atoms with Gasteiger partial charge < -0.3 is 5.32 Å². The fourth-order valence-corrected chi connectivity index (χ4v) is 3.51. The van der Waals surface area contributed by atoms with Crippen LogP contribution in [0.15, 0.2) is 18.2 Å². The summed E-state index contributed by atoms with van der Waals surface area (Å²) in [4.78, 5) is 14.5. The number of piperidine rings is 1. The first-order valence-corrected chi connectivity index (χ1v) is 9.30. The van der Waals surface area contributed by atoms with Gasteiger partial charge in [0.25, 0.3) is 0 Å². The average Bonchev–Trinajstić information content (AvgIpc) is 2.55. The largest absolute Gasteiger partial charge is 0.356 e. The number of carbonyl (C=O) groups excluding carboxylic acids is 1. The first kappa shape index (κ1) is 18.6. The Kier molecular flexibility index (Phi) is 7.68. The zero-order valence-corrected chi connectivity index (χ0v) is 15.3. The Labute approximate surface area is 149 Å². The van der Waals surface area contributed by atoms with E-state index >= 15 is 0 Å². The Hall–Kier alpha value is -0.770. The maximum absolute atomic E-state index is 12.2. The van der Waals surface area contributed by atoms with Gasteiger partial charge in [-0.05, 0) is 44.5 Å². The van der Waals surface area contributed by atoms with E-state index in [1.165, 1.54) is 12.8 Å². The number of benzene rings is 1. The number of rotatable bonds is 7. The van der Waals surface area contributed by atoms with Gasteiger partial charge in [-0.1, -0.05) is 49.0 Å². The second-order valence-electron chi connectivity index (χ2n) is 6.25. The molecule has 1 aliphatic heterocycles. The van der Waals surface area contributed by atoms with Crippen LogP contribution in [0.4, 0.5) is 0 Å². The minimum atomic E-state index is 0.148. The van der Waals surface area contributed by atoms with Crippen LogP contribution in [0, 0.1) is 5.92 Å². The summed E-state index contributed by atoms with van der Waals surface area (Å²) in [5.74, 6) is 0.367. The third-order valence-electron chi connectivity index (χ3n) is 4.48. The topological polar surface area (TPSA) is 32.3 Å². The molecule has 1 N–H and O–H groups in total. The molecule has 0 bridgehead atoms. The number of likely N-dealkylation sites (tertiary alicyclic amines) is 1. The highest BCUT2D eigenvalue weighted by molar-refractivity contribution is 6.35. The van der Waals surface area contributed by atoms with Crippen LogP contribution in [-0.2, 0) is 11.3 Å². The highest BCUT2D eigenvalue weighted by atomic mass is 35.5. The summed E-state index contributed by atoms with van der Waals surface area (Å²) in [6.07, 6.45) is 5.24. The van der Waals surface area contributed by atoms with Gasteiger partial charge in [0.1, 0.15) is 0 Å². The van der Waals surface area contributed by atoms with E-state index in [0.29, 0.717) is 10.0 Å². The summed E-state index contributed by atoms with van der Waals surface area (Å²) in [5, 5.41) is 4.50. The molecule has 23 heavy (non-hydrogen) atoms. The molecule has 0 atom stereocenters. The normalized spacial score (nSPS) is 16.5. The van der Waals surface area contributed by atoms with E-state index in [0.717, 1.165) is 51.0 Å². The summed E-state index contributed by atoms with van der Waals surface area (Å²) in [6, 6.07) is 5.61. The van der Waals surface area contributed by atoms with Gasteiger partial charge in [-0.25, -0.2) is 0 Å². The molecule has 0 aromatic heterocycles. The van der Waals surface area contributed by atoms with Crippen molar-refractivity contribution in [3.63, 3.8) is 0 Å². The molecule has 1 heterocycles. The zero-order chi connectivity index (χ0) is 16.7. The van der Waals surface area contributed by atoms with Crippen molar-refractivity contribution in [2.75, 3.05) is 19.6 Å². The van der Waals surface area contributed by atoms with Crippen LogP contribution in [0.2, 0.25) is 10.0 Å². The number of nitrogens with zero attached hydrogens (tertiary/aromatic N) is 1. The molecule has 0 spiro atoms. The van der Waals surface area contributed by atoms with E-state index in [2.05, 4.69) is 17.1 Å². The predicted molar refractivity (Wildman–Crippen MR) is 97.0 cm³/mol. The Morgan fingerprint density at radius 3 is 2.48 bits per heavy atom. The van der Waals surface area contributed by atoms with Crippen molar-refractivity contribution in [1.82, 2.24) is 10.2 Å². The van der Waals surface area contributed by atoms with Gasteiger partial charge in [0.2, 0.25) is 5.91 Å². The second kappa shape index (κ2) is 9.51. The van der Waals surface area contributed by atoms with Crippen LogP contribution in [0.1, 0.15) is 44.6 Å². The Morgan fingerprint density at radius 2 is 1.87 bits per heavy atom. The van der Waals surface area contributed by atoms with Crippen molar-refractivity contribution in [2.24, 2.45) is 5.92 Å². The van der Waals surface area contributed by atoms with E-state index in [4.69, 9.17) is 23.2 Å². The van der Waals surface area contributed by atoms with Crippen LogP contribution < -0.4 is 5.32 Å². The molecule has 1 amide bonds. The van der Waals surface area contributed by atoms with E-state index in [1.807, 2.05) is 18.2 Å². The molecule has 3 nitrogen and oxygen atoms in total. The van der Waals surface area contributed by atoms with Gasteiger partial charge >= 0.3 is 0 Å². The van der Waals surface area contributed by atoms with Crippen molar-refractivity contribution in [3.05, 3.63) is 33.8 Å². The van der Waals surface area contributed by atoms with Crippen molar-refractivity contribution < 1.29 is 4.79 Å². The molecule has 1 fully saturated rings. The van der Waals surface area contributed by atoms with E-state index in [-0.39, 0.29) is 11.8 Å². The highest BCUT2D eigenvalue weighted by Gasteiger charge is 2.25. The molecule has 1 aromatic carbocycles. The Bertz CT molecular complexity index is 493. The maximum Gasteiger partial charge on any atom is 0.223 e. The van der Waals surface area contributed by atoms with E-state index in [1.54, 1.807) is 0 Å². The number of unbranched alkanes of at least 4 members (excludes halogenated alkanes) is 2. The fourth-order valence-electron chi connectivity index (χ4n) is 2.99. The quantitative estimate of drug-likeness (QED) is 0.728. The summed E-state index contributed by atoms with van der Waals surface area (Å²) in [6.45, 7) is 5.55. The van der Waals surface area contributed by atoms with Crippen LogP contribution in [0.5, 0.6) is 0 Å². The van der Waals surface area contributed by atoms with Crippen molar-refractivity contribution in [2.45, 2.75) is 45.6 Å². The molecule has 1 aromatic rings. The van der Waals surface area contributed by atoms with Crippen molar-refractivity contribution in [1.29, 1.82) is 0 Å². The maximum atomic E-state index is 12.2. The monoisotopic (exact) mass is 356 g/mol. The molecule has 0 unspecified atom stereocenters. The van der Waals surface area contributed by atoms with Crippen molar-refractivity contribution in [3.8, 4) is 0 Å². The standard InChI is InChI=1S/C18H26Cl2N2O/c1-2-3-4-10-21-18(23)14-8-11-22(12-9-14)13-15-16(19)6-5-7-17(15)20/h5-7,14H,2-4,8-13H2,1H3,(H,21,23). The number of nitrogens with one attached hydrogen (secondary N) is 1. The minimum Gasteiger partial charge on any atom is -0.356 e. The Morgan fingerprint density at radius 1 is 1.22 bits per heavy atom. The number of carbonyl (C=O) groups is 1. The molecule has 0 saturated carbocycles. The van der Waals surface area contributed by atoms with Gasteiger partial charge in [0.15, 0.2) is 0 Å². The third kappa shape index (κ3) is 5.66. The van der Waals surface area contributed by atoms with Crippen LogP contribution in [0.25, 0.3) is 0 Å². The van der Waals surface area contributed by atoms with Gasteiger partial charge in [-0.2, -0.15) is 0 Å². The molecule has 0 radical (unpaired) electrons. The average molecular weight is 357 g/mol. The number of halogens is 2. The van der Waals surface area contributed by atoms with Crippen LogP contribution in [0.3, 0.4) is 0 Å². The molecule has 128 valence electrons.